The Kier molecular flexibility index (Phi) is 4.02. The van der Waals surface area contributed by atoms with Crippen LogP contribution in [0.1, 0.15) is 17.5 Å². The highest BCUT2D eigenvalue weighted by molar-refractivity contribution is 5.75. The summed E-state index contributed by atoms with van der Waals surface area (Å²) in [4.78, 5) is 0. The van der Waals surface area contributed by atoms with E-state index in [1.165, 1.54) is 6.07 Å². The van der Waals surface area contributed by atoms with Gasteiger partial charge in [-0.1, -0.05) is 18.2 Å². The zero-order chi connectivity index (χ0) is 16.6. The lowest BCUT2D eigenvalue weighted by Crippen LogP contribution is -2.30. The monoisotopic (exact) mass is 325 g/mol. The number of alkyl halides is 3. The molecule has 0 bridgehead atoms. The van der Waals surface area contributed by atoms with Gasteiger partial charge in [0.2, 0.25) is 0 Å². The van der Waals surface area contributed by atoms with Crippen LogP contribution in [0.3, 0.4) is 0 Å². The van der Waals surface area contributed by atoms with Gasteiger partial charge in [0.25, 0.3) is 0 Å². The molecule has 1 aliphatic rings. The van der Waals surface area contributed by atoms with Crippen molar-refractivity contribution in [2.75, 3.05) is 6.54 Å². The van der Waals surface area contributed by atoms with Gasteiger partial charge in [-0.15, -0.1) is 0 Å². The number of ether oxygens (including phenoxy) is 1. The molecule has 0 radical (unpaired) electrons. The van der Waals surface area contributed by atoms with Crippen LogP contribution in [-0.4, -0.2) is 12.6 Å². The van der Waals surface area contributed by atoms with E-state index in [0.29, 0.717) is 18.6 Å². The zero-order valence-corrected chi connectivity index (χ0v) is 12.2. The predicted octanol–water partition coefficient (Wildman–Crippen LogP) is 4.16. The highest BCUT2D eigenvalue weighted by atomic mass is 19.4. The second kappa shape index (κ2) is 5.85. The lowest BCUT2D eigenvalue weighted by atomic mass is 9.93. The van der Waals surface area contributed by atoms with Crippen LogP contribution in [0.2, 0.25) is 0 Å². The minimum absolute atomic E-state index is 0.216. The van der Waals surface area contributed by atoms with Crippen molar-refractivity contribution in [3.05, 3.63) is 53.3 Å². The van der Waals surface area contributed by atoms with Crippen LogP contribution < -0.4 is 10.5 Å². The van der Waals surface area contributed by atoms with Gasteiger partial charge in [-0.2, -0.15) is 13.2 Å². The summed E-state index contributed by atoms with van der Waals surface area (Å²) in [6.45, 7) is 0.281. The van der Waals surface area contributed by atoms with Gasteiger partial charge in [-0.05, 0) is 36.6 Å². The Labute approximate surface area is 130 Å². The van der Waals surface area contributed by atoms with E-state index < -0.39 is 17.6 Å². The molecule has 2 aromatic carbocycles. The van der Waals surface area contributed by atoms with Crippen molar-refractivity contribution in [3.8, 4) is 16.9 Å². The Morgan fingerprint density at radius 1 is 1.13 bits per heavy atom. The van der Waals surface area contributed by atoms with Gasteiger partial charge in [0.15, 0.2) is 0 Å². The predicted molar refractivity (Wildman–Crippen MR) is 78.6 cm³/mol. The van der Waals surface area contributed by atoms with Crippen LogP contribution in [0.5, 0.6) is 5.75 Å². The number of aryl methyl sites for hydroxylation is 1. The van der Waals surface area contributed by atoms with E-state index in [1.54, 1.807) is 12.1 Å². The Morgan fingerprint density at radius 3 is 2.61 bits per heavy atom. The molecule has 0 amide bonds. The van der Waals surface area contributed by atoms with Gasteiger partial charge in [-0.3, -0.25) is 0 Å². The molecule has 23 heavy (non-hydrogen) atoms. The Balaban J connectivity index is 2.19. The molecule has 2 N–H and O–H groups in total. The summed E-state index contributed by atoms with van der Waals surface area (Å²) in [5, 5.41) is 0. The van der Waals surface area contributed by atoms with Crippen LogP contribution in [0.4, 0.5) is 17.6 Å². The van der Waals surface area contributed by atoms with Crippen molar-refractivity contribution in [1.82, 2.24) is 0 Å². The minimum Gasteiger partial charge on any atom is -0.488 e. The summed E-state index contributed by atoms with van der Waals surface area (Å²) in [6, 6.07) is 7.44. The van der Waals surface area contributed by atoms with Gasteiger partial charge in [0.05, 0.1) is 5.56 Å². The normalized spacial score (nSPS) is 17.5. The summed E-state index contributed by atoms with van der Waals surface area (Å²) in [6.07, 6.45) is -3.44. The van der Waals surface area contributed by atoms with E-state index in [2.05, 4.69) is 0 Å². The molecule has 2 aromatic rings. The first-order valence-electron chi connectivity index (χ1n) is 7.26. The van der Waals surface area contributed by atoms with Crippen LogP contribution in [0, 0.1) is 5.82 Å². The van der Waals surface area contributed by atoms with Crippen molar-refractivity contribution < 1.29 is 22.3 Å². The first kappa shape index (κ1) is 15.8. The first-order valence-corrected chi connectivity index (χ1v) is 7.26. The quantitative estimate of drug-likeness (QED) is 0.841. The van der Waals surface area contributed by atoms with E-state index in [9.17, 15) is 17.6 Å². The molecule has 1 atom stereocenters. The van der Waals surface area contributed by atoms with E-state index in [-0.39, 0.29) is 23.8 Å². The van der Waals surface area contributed by atoms with E-state index in [1.807, 2.05) is 0 Å². The van der Waals surface area contributed by atoms with E-state index in [4.69, 9.17) is 10.5 Å². The lowest BCUT2D eigenvalue weighted by molar-refractivity contribution is -0.137. The molecule has 0 spiro atoms. The fourth-order valence-electron chi connectivity index (χ4n) is 2.83. The highest BCUT2D eigenvalue weighted by Gasteiger charge is 2.35. The van der Waals surface area contributed by atoms with E-state index >= 15 is 0 Å². The molecule has 0 aliphatic carbocycles. The molecule has 1 heterocycles. The molecule has 3 rings (SSSR count). The molecule has 0 fully saturated rings. The summed E-state index contributed by atoms with van der Waals surface area (Å²) >= 11 is 0. The fraction of sp³-hybridized carbons (Fsp3) is 0.294. The van der Waals surface area contributed by atoms with Gasteiger partial charge < -0.3 is 10.5 Å². The third kappa shape index (κ3) is 3.03. The SMILES string of the molecule is NC[C@H]1CCc2cccc(-c3cc(F)ccc3C(F)(F)F)c2O1. The molecule has 0 saturated carbocycles. The number of hydrogen-bond donors (Lipinski definition) is 1. The number of para-hydroxylation sites is 1. The topological polar surface area (TPSA) is 35.2 Å². The maximum atomic E-state index is 13.6. The van der Waals surface area contributed by atoms with Gasteiger partial charge in [0, 0.05) is 17.7 Å². The minimum atomic E-state index is -4.58. The average molecular weight is 325 g/mol. The summed E-state index contributed by atoms with van der Waals surface area (Å²) < 4.78 is 59.1. The second-order valence-corrected chi connectivity index (χ2v) is 5.50. The number of halogens is 4. The summed E-state index contributed by atoms with van der Waals surface area (Å²) in [5.74, 6) is -0.359. The Hall–Kier alpha value is -2.08. The van der Waals surface area contributed by atoms with Crippen LogP contribution in [0.15, 0.2) is 36.4 Å². The third-order valence-electron chi connectivity index (χ3n) is 3.96. The largest absolute Gasteiger partial charge is 0.488 e. The van der Waals surface area contributed by atoms with Crippen molar-refractivity contribution >= 4 is 0 Å². The summed E-state index contributed by atoms with van der Waals surface area (Å²) in [7, 11) is 0. The molecular formula is C17H15F4NO. The summed E-state index contributed by atoms with van der Waals surface area (Å²) in [5.41, 5.74) is 5.56. The number of hydrogen-bond acceptors (Lipinski definition) is 2. The van der Waals surface area contributed by atoms with Gasteiger partial charge in [-0.25, -0.2) is 4.39 Å². The smallest absolute Gasteiger partial charge is 0.417 e. The molecule has 0 saturated heterocycles. The van der Waals surface area contributed by atoms with Crippen molar-refractivity contribution in [3.63, 3.8) is 0 Å². The Bertz CT molecular complexity index is 727. The van der Waals surface area contributed by atoms with Crippen LogP contribution in [-0.2, 0) is 12.6 Å². The van der Waals surface area contributed by atoms with E-state index in [0.717, 1.165) is 23.8 Å². The van der Waals surface area contributed by atoms with Gasteiger partial charge >= 0.3 is 6.18 Å². The molecule has 122 valence electrons. The molecule has 2 nitrogen and oxygen atoms in total. The molecule has 1 aliphatic heterocycles. The fourth-order valence-corrected chi connectivity index (χ4v) is 2.83. The number of fused-ring (bicyclic) bond motifs is 1. The van der Waals surface area contributed by atoms with Gasteiger partial charge in [0.1, 0.15) is 17.7 Å². The molecule has 6 heteroatoms. The van der Waals surface area contributed by atoms with Crippen LogP contribution in [0.25, 0.3) is 11.1 Å². The molecule has 0 aromatic heterocycles. The Morgan fingerprint density at radius 2 is 1.91 bits per heavy atom. The van der Waals surface area contributed by atoms with Crippen molar-refractivity contribution in [2.45, 2.75) is 25.1 Å². The number of nitrogens with two attached hydrogens (primary N) is 1. The maximum absolute atomic E-state index is 13.6. The zero-order valence-electron chi connectivity index (χ0n) is 12.2. The highest BCUT2D eigenvalue weighted by Crippen LogP contribution is 2.43. The van der Waals surface area contributed by atoms with Crippen molar-refractivity contribution in [2.24, 2.45) is 5.73 Å². The second-order valence-electron chi connectivity index (χ2n) is 5.50. The maximum Gasteiger partial charge on any atom is 0.417 e. The van der Waals surface area contributed by atoms with Crippen LogP contribution >= 0.6 is 0 Å². The standard InChI is InChI=1S/C17H15F4NO/c18-11-5-7-15(17(19,20)21)14(8-11)13-3-1-2-10-4-6-12(9-22)23-16(10)13/h1-3,5,7-8,12H,4,6,9,22H2/t12-/m1/s1. The number of benzene rings is 2. The first-order chi connectivity index (χ1) is 10.9. The lowest BCUT2D eigenvalue weighted by Gasteiger charge is -2.27. The molecular weight excluding hydrogens is 310 g/mol. The average Bonchev–Trinajstić information content (AvgIpc) is 2.52. The van der Waals surface area contributed by atoms with Crippen molar-refractivity contribution in [1.29, 1.82) is 0 Å². The number of rotatable bonds is 2. The molecule has 0 unspecified atom stereocenters. The third-order valence-corrected chi connectivity index (χ3v) is 3.96.